The number of carbonyl (C=O) groups excluding carboxylic acids is 1. The average Bonchev–Trinajstić information content (AvgIpc) is 3.16. The van der Waals surface area contributed by atoms with Crippen molar-refractivity contribution in [3.63, 3.8) is 0 Å². The van der Waals surface area contributed by atoms with E-state index in [0.717, 1.165) is 25.9 Å². The monoisotopic (exact) mass is 380 g/mol. The van der Waals surface area contributed by atoms with Crippen molar-refractivity contribution in [3.05, 3.63) is 48.8 Å². The van der Waals surface area contributed by atoms with E-state index in [4.69, 9.17) is 0 Å². The van der Waals surface area contributed by atoms with Crippen molar-refractivity contribution in [3.8, 4) is 0 Å². The van der Waals surface area contributed by atoms with Crippen molar-refractivity contribution in [1.29, 1.82) is 0 Å². The van der Waals surface area contributed by atoms with Gasteiger partial charge in [0.1, 0.15) is 5.54 Å². The van der Waals surface area contributed by atoms with Gasteiger partial charge in [0.2, 0.25) is 5.91 Å². The van der Waals surface area contributed by atoms with Crippen LogP contribution in [-0.4, -0.2) is 40.6 Å². The minimum absolute atomic E-state index is 0. The highest BCUT2D eigenvalue weighted by Crippen LogP contribution is 2.28. The third-order valence-corrected chi connectivity index (χ3v) is 5.54. The Bertz CT molecular complexity index is 644. The Labute approximate surface area is 159 Å². The van der Waals surface area contributed by atoms with Crippen LogP contribution >= 0.6 is 24.2 Å². The van der Waals surface area contributed by atoms with Crippen LogP contribution in [0.15, 0.2) is 53.7 Å². The zero-order chi connectivity index (χ0) is 16.8. The summed E-state index contributed by atoms with van der Waals surface area (Å²) in [6, 6.07) is 12.2. The molecular formula is C18H25ClN4OS. The van der Waals surface area contributed by atoms with Crippen LogP contribution in [0.25, 0.3) is 0 Å². The molecule has 1 amide bonds. The highest BCUT2D eigenvalue weighted by atomic mass is 35.5. The van der Waals surface area contributed by atoms with E-state index in [1.54, 1.807) is 18.0 Å². The van der Waals surface area contributed by atoms with Crippen LogP contribution in [0.2, 0.25) is 0 Å². The van der Waals surface area contributed by atoms with Gasteiger partial charge in [-0.25, -0.2) is 0 Å². The van der Waals surface area contributed by atoms with E-state index in [1.165, 1.54) is 4.90 Å². The highest BCUT2D eigenvalue weighted by Gasteiger charge is 2.41. The van der Waals surface area contributed by atoms with E-state index in [0.29, 0.717) is 11.8 Å². The molecule has 1 aromatic heterocycles. The number of halogens is 1. The quantitative estimate of drug-likeness (QED) is 0.756. The molecule has 1 unspecified atom stereocenters. The molecule has 1 fully saturated rings. The van der Waals surface area contributed by atoms with Crippen LogP contribution in [-0.2, 0) is 10.3 Å². The van der Waals surface area contributed by atoms with Gasteiger partial charge in [-0.3, -0.25) is 9.48 Å². The number of amides is 1. The molecule has 2 aromatic rings. The number of piperidine rings is 1. The van der Waals surface area contributed by atoms with Gasteiger partial charge >= 0.3 is 0 Å². The number of rotatable bonds is 6. The van der Waals surface area contributed by atoms with Crippen LogP contribution in [0, 0.1) is 0 Å². The third kappa shape index (κ3) is 4.77. The fraction of sp³-hybridized carbons (Fsp3) is 0.444. The lowest BCUT2D eigenvalue weighted by Crippen LogP contribution is -2.55. The fourth-order valence-corrected chi connectivity index (χ4v) is 4.04. The Morgan fingerprint density at radius 3 is 2.68 bits per heavy atom. The number of nitrogens with zero attached hydrogens (tertiary/aromatic N) is 2. The largest absolute Gasteiger partial charge is 0.353 e. The Balaban J connectivity index is 0.00000225. The molecule has 1 saturated heterocycles. The van der Waals surface area contributed by atoms with Crippen molar-refractivity contribution in [2.24, 2.45) is 0 Å². The van der Waals surface area contributed by atoms with Gasteiger partial charge in [-0.1, -0.05) is 25.1 Å². The summed E-state index contributed by atoms with van der Waals surface area (Å²) in [7, 11) is 0. The summed E-state index contributed by atoms with van der Waals surface area (Å²) >= 11 is 1.78. The minimum atomic E-state index is -0.564. The first kappa shape index (κ1) is 19.8. The van der Waals surface area contributed by atoms with Crippen LogP contribution < -0.4 is 10.6 Å². The van der Waals surface area contributed by atoms with Gasteiger partial charge in [-0.05, 0) is 44.1 Å². The second-order valence-corrected chi connectivity index (χ2v) is 7.70. The maximum absolute atomic E-state index is 13.0. The lowest BCUT2D eigenvalue weighted by atomic mass is 9.87. The summed E-state index contributed by atoms with van der Waals surface area (Å²) in [6.07, 6.45) is 5.17. The molecule has 0 radical (unpaired) electrons. The summed E-state index contributed by atoms with van der Waals surface area (Å²) in [6.45, 7) is 4.46. The molecular weight excluding hydrogens is 356 g/mol. The predicted octanol–water partition coefficient (Wildman–Crippen LogP) is 2.68. The molecule has 0 saturated carbocycles. The molecule has 25 heavy (non-hydrogen) atoms. The smallest absolute Gasteiger partial charge is 0.248 e. The van der Waals surface area contributed by atoms with E-state index in [9.17, 15) is 4.79 Å². The van der Waals surface area contributed by atoms with Gasteiger partial charge in [-0.2, -0.15) is 5.10 Å². The number of benzene rings is 1. The molecule has 2 heterocycles. The first-order valence-corrected chi connectivity index (χ1v) is 9.29. The molecule has 1 aliphatic rings. The molecule has 3 rings (SSSR count). The minimum Gasteiger partial charge on any atom is -0.353 e. The zero-order valence-electron chi connectivity index (χ0n) is 14.4. The molecule has 0 spiro atoms. The van der Waals surface area contributed by atoms with E-state index in [1.807, 2.05) is 35.1 Å². The van der Waals surface area contributed by atoms with Crippen LogP contribution in [0.4, 0.5) is 0 Å². The first-order chi connectivity index (χ1) is 11.7. The molecule has 7 heteroatoms. The maximum atomic E-state index is 13.0. The second kappa shape index (κ2) is 9.27. The zero-order valence-corrected chi connectivity index (χ0v) is 16.0. The number of hydrogen-bond acceptors (Lipinski definition) is 4. The Morgan fingerprint density at radius 2 is 2.04 bits per heavy atom. The molecule has 1 aromatic carbocycles. The van der Waals surface area contributed by atoms with Crippen LogP contribution in [0.5, 0.6) is 0 Å². The fourth-order valence-electron chi connectivity index (χ4n) is 3.10. The molecule has 2 N–H and O–H groups in total. The van der Waals surface area contributed by atoms with Gasteiger partial charge < -0.3 is 10.6 Å². The average molecular weight is 381 g/mol. The summed E-state index contributed by atoms with van der Waals surface area (Å²) < 4.78 is 1.83. The van der Waals surface area contributed by atoms with E-state index >= 15 is 0 Å². The van der Waals surface area contributed by atoms with E-state index in [2.05, 4.69) is 34.8 Å². The molecule has 1 aliphatic heterocycles. The highest BCUT2D eigenvalue weighted by molar-refractivity contribution is 8.00. The molecule has 0 aliphatic carbocycles. The van der Waals surface area contributed by atoms with Gasteiger partial charge in [0.25, 0.3) is 0 Å². The lowest BCUT2D eigenvalue weighted by molar-refractivity contribution is -0.131. The Hall–Kier alpha value is -1.50. The molecule has 0 bridgehead atoms. The topological polar surface area (TPSA) is 59.0 Å². The molecule has 1 atom stereocenters. The van der Waals surface area contributed by atoms with Crippen molar-refractivity contribution in [2.75, 3.05) is 19.6 Å². The number of nitrogens with one attached hydrogen (secondary N) is 2. The lowest BCUT2D eigenvalue weighted by Gasteiger charge is -2.36. The van der Waals surface area contributed by atoms with Gasteiger partial charge in [0.15, 0.2) is 0 Å². The number of aromatic nitrogens is 2. The maximum Gasteiger partial charge on any atom is 0.248 e. The van der Waals surface area contributed by atoms with Crippen molar-refractivity contribution in [1.82, 2.24) is 20.4 Å². The normalized spacial score (nSPS) is 17.3. The molecule has 5 nitrogen and oxygen atoms in total. The number of carbonyl (C=O) groups is 1. The first-order valence-electron chi connectivity index (χ1n) is 8.41. The number of hydrogen-bond donors (Lipinski definition) is 2. The second-order valence-electron chi connectivity index (χ2n) is 6.18. The van der Waals surface area contributed by atoms with E-state index in [-0.39, 0.29) is 18.3 Å². The standard InChI is InChI=1S/C18H24N4OS.ClH/c1-15(24-16-6-3-2-4-7-16)14-20-17(23)18(8-11-19-12-9-18)22-13-5-10-21-22;/h2-7,10,13,15,19H,8-9,11-12,14H2,1H3,(H,20,23);1H. The third-order valence-electron chi connectivity index (χ3n) is 4.43. The van der Waals surface area contributed by atoms with Crippen molar-refractivity contribution >= 4 is 30.1 Å². The summed E-state index contributed by atoms with van der Waals surface area (Å²) in [4.78, 5) is 14.2. The van der Waals surface area contributed by atoms with Gasteiger partial charge in [0.05, 0.1) is 0 Å². The molecule has 136 valence electrons. The van der Waals surface area contributed by atoms with Crippen molar-refractivity contribution < 1.29 is 4.79 Å². The van der Waals surface area contributed by atoms with E-state index < -0.39 is 5.54 Å². The summed E-state index contributed by atoms with van der Waals surface area (Å²) in [5.41, 5.74) is -0.564. The SMILES string of the molecule is CC(CNC(=O)C1(n2cccn2)CCNCC1)Sc1ccccc1.Cl. The summed E-state index contributed by atoms with van der Waals surface area (Å²) in [5, 5.41) is 11.1. The Kier molecular flexibility index (Phi) is 7.35. The van der Waals surface area contributed by atoms with Gasteiger partial charge in [-0.15, -0.1) is 24.2 Å². The van der Waals surface area contributed by atoms with Crippen LogP contribution in [0.3, 0.4) is 0 Å². The number of thioether (sulfide) groups is 1. The van der Waals surface area contributed by atoms with Crippen molar-refractivity contribution in [2.45, 2.75) is 35.4 Å². The predicted molar refractivity (Wildman–Crippen MR) is 104 cm³/mol. The van der Waals surface area contributed by atoms with Crippen LogP contribution in [0.1, 0.15) is 19.8 Å². The Morgan fingerprint density at radius 1 is 1.32 bits per heavy atom. The van der Waals surface area contributed by atoms with Gasteiger partial charge in [0, 0.05) is 29.1 Å². The summed E-state index contributed by atoms with van der Waals surface area (Å²) in [5.74, 6) is 0.0770.